The monoisotopic (exact) mass is 345 g/mol. The predicted molar refractivity (Wildman–Crippen MR) is 92.3 cm³/mol. The second-order valence-electron chi connectivity index (χ2n) is 5.57. The topological polar surface area (TPSA) is 80.3 Å². The smallest absolute Gasteiger partial charge is 0.341 e. The van der Waals surface area contributed by atoms with Gasteiger partial charge in [0.15, 0.2) is 0 Å². The average Bonchev–Trinajstić information content (AvgIpc) is 3.15. The summed E-state index contributed by atoms with van der Waals surface area (Å²) >= 11 is 1.48. The molecule has 1 aliphatic carbocycles. The van der Waals surface area contributed by atoms with Gasteiger partial charge in [-0.1, -0.05) is 6.07 Å². The molecule has 2 N–H and O–H groups in total. The van der Waals surface area contributed by atoms with Gasteiger partial charge in [-0.2, -0.15) is 0 Å². The summed E-state index contributed by atoms with van der Waals surface area (Å²) in [5.41, 5.74) is 2.57. The summed E-state index contributed by atoms with van der Waals surface area (Å²) in [6.07, 6.45) is 6.33. The average molecular weight is 345 g/mol. The van der Waals surface area contributed by atoms with E-state index in [4.69, 9.17) is 4.74 Å². The van der Waals surface area contributed by atoms with Crippen molar-refractivity contribution in [3.63, 3.8) is 0 Å². The molecule has 24 heavy (non-hydrogen) atoms. The Hall–Kier alpha value is -2.25. The molecule has 3 rings (SSSR count). The number of aromatic nitrogens is 1. The number of carbonyl (C=O) groups excluding carboxylic acids is 2. The lowest BCUT2D eigenvalue weighted by molar-refractivity contribution is -0.115. The van der Waals surface area contributed by atoms with E-state index < -0.39 is 0 Å². The van der Waals surface area contributed by atoms with E-state index in [2.05, 4.69) is 15.6 Å². The third-order valence-corrected chi connectivity index (χ3v) is 5.11. The molecule has 126 valence electrons. The van der Waals surface area contributed by atoms with Gasteiger partial charge < -0.3 is 15.4 Å². The molecule has 0 unspecified atom stereocenters. The second-order valence-corrected chi connectivity index (χ2v) is 6.67. The molecule has 2 heterocycles. The molecule has 1 amide bonds. The molecule has 0 saturated heterocycles. The van der Waals surface area contributed by atoms with Crippen LogP contribution >= 0.6 is 11.3 Å². The Morgan fingerprint density at radius 1 is 1.38 bits per heavy atom. The molecule has 0 aromatic carbocycles. The molecule has 0 saturated carbocycles. The lowest BCUT2D eigenvalue weighted by atomic mass is 10.1. The summed E-state index contributed by atoms with van der Waals surface area (Å²) in [5, 5.41) is 6.51. The Kier molecular flexibility index (Phi) is 5.22. The van der Waals surface area contributed by atoms with Gasteiger partial charge in [0.2, 0.25) is 5.91 Å². The number of anilines is 1. The van der Waals surface area contributed by atoms with Crippen LogP contribution in [0, 0.1) is 0 Å². The van der Waals surface area contributed by atoms with Gasteiger partial charge in [-0.15, -0.1) is 11.3 Å². The van der Waals surface area contributed by atoms with E-state index in [0.717, 1.165) is 30.4 Å². The van der Waals surface area contributed by atoms with E-state index in [1.54, 1.807) is 12.4 Å². The van der Waals surface area contributed by atoms with E-state index in [1.807, 2.05) is 12.1 Å². The summed E-state index contributed by atoms with van der Waals surface area (Å²) in [5.74, 6) is -0.558. The SMILES string of the molecule is COC(=O)c1c(NC(=O)CNCc2cccnc2)sc2c1CCC2. The normalized spacial score (nSPS) is 12.7. The van der Waals surface area contributed by atoms with Crippen molar-refractivity contribution in [3.8, 4) is 0 Å². The molecule has 2 aromatic rings. The number of fused-ring (bicyclic) bond motifs is 1. The maximum absolute atomic E-state index is 12.2. The molecule has 1 aliphatic rings. The first-order chi connectivity index (χ1) is 11.7. The van der Waals surface area contributed by atoms with Crippen molar-refractivity contribution in [2.45, 2.75) is 25.8 Å². The number of aryl methyl sites for hydroxylation is 1. The van der Waals surface area contributed by atoms with E-state index in [1.165, 1.54) is 23.3 Å². The summed E-state index contributed by atoms with van der Waals surface area (Å²) in [7, 11) is 1.36. The maximum atomic E-state index is 12.2. The zero-order valence-corrected chi connectivity index (χ0v) is 14.2. The Balaban J connectivity index is 1.61. The van der Waals surface area contributed by atoms with E-state index in [9.17, 15) is 9.59 Å². The molecule has 0 atom stereocenters. The van der Waals surface area contributed by atoms with E-state index in [0.29, 0.717) is 17.1 Å². The van der Waals surface area contributed by atoms with Gasteiger partial charge in [-0.3, -0.25) is 9.78 Å². The number of nitrogens with one attached hydrogen (secondary N) is 2. The number of rotatable bonds is 6. The van der Waals surface area contributed by atoms with Crippen LogP contribution in [0.3, 0.4) is 0 Å². The predicted octanol–water partition coefficient (Wildman–Crippen LogP) is 2.15. The first-order valence-corrected chi connectivity index (χ1v) is 8.63. The van der Waals surface area contributed by atoms with Crippen LogP contribution in [-0.2, 0) is 28.9 Å². The largest absolute Gasteiger partial charge is 0.465 e. The molecule has 7 heteroatoms. The summed E-state index contributed by atoms with van der Waals surface area (Å²) in [4.78, 5) is 29.4. The molecular formula is C17H19N3O3S. The van der Waals surface area contributed by atoms with Gasteiger partial charge in [0, 0.05) is 23.8 Å². The number of hydrogen-bond donors (Lipinski definition) is 2. The molecule has 0 bridgehead atoms. The standard InChI is InChI=1S/C17H19N3O3S/c1-23-17(22)15-12-5-2-6-13(12)24-16(15)20-14(21)10-19-9-11-4-3-7-18-8-11/h3-4,7-8,19H,2,5-6,9-10H2,1H3,(H,20,21). The van der Waals surface area contributed by atoms with Crippen LogP contribution in [0.1, 0.15) is 32.8 Å². The summed E-state index contributed by atoms with van der Waals surface area (Å²) in [6.45, 7) is 0.726. The Labute approximate surface area is 144 Å². The van der Waals surface area contributed by atoms with Crippen molar-refractivity contribution in [1.82, 2.24) is 10.3 Å². The van der Waals surface area contributed by atoms with Crippen LogP contribution in [-0.4, -0.2) is 30.5 Å². The zero-order chi connectivity index (χ0) is 16.9. The highest BCUT2D eigenvalue weighted by Crippen LogP contribution is 2.39. The molecule has 0 spiro atoms. The highest BCUT2D eigenvalue weighted by atomic mass is 32.1. The number of methoxy groups -OCH3 is 1. The highest BCUT2D eigenvalue weighted by molar-refractivity contribution is 7.17. The highest BCUT2D eigenvalue weighted by Gasteiger charge is 2.27. The molecule has 0 fully saturated rings. The fraction of sp³-hybridized carbons (Fsp3) is 0.353. The number of nitrogens with zero attached hydrogens (tertiary/aromatic N) is 1. The van der Waals surface area contributed by atoms with Crippen molar-refractivity contribution in [1.29, 1.82) is 0 Å². The first kappa shape index (κ1) is 16.6. The first-order valence-electron chi connectivity index (χ1n) is 7.81. The summed E-state index contributed by atoms with van der Waals surface area (Å²) in [6, 6.07) is 3.80. The molecule has 0 aliphatic heterocycles. The van der Waals surface area contributed by atoms with Gasteiger partial charge in [0.25, 0.3) is 0 Å². The Bertz CT molecular complexity index is 743. The zero-order valence-electron chi connectivity index (χ0n) is 13.4. The lowest BCUT2D eigenvalue weighted by Gasteiger charge is -2.08. The third-order valence-electron chi connectivity index (χ3n) is 3.90. The van der Waals surface area contributed by atoms with Crippen molar-refractivity contribution in [2.75, 3.05) is 19.0 Å². The van der Waals surface area contributed by atoms with Gasteiger partial charge in [0.1, 0.15) is 5.00 Å². The summed E-state index contributed by atoms with van der Waals surface area (Å²) < 4.78 is 4.87. The van der Waals surface area contributed by atoms with Gasteiger partial charge in [-0.25, -0.2) is 4.79 Å². The number of pyridine rings is 1. The van der Waals surface area contributed by atoms with Crippen LogP contribution in [0.2, 0.25) is 0 Å². The molecule has 6 nitrogen and oxygen atoms in total. The van der Waals surface area contributed by atoms with Crippen LogP contribution in [0.5, 0.6) is 0 Å². The maximum Gasteiger partial charge on any atom is 0.341 e. The van der Waals surface area contributed by atoms with Crippen LogP contribution in [0.4, 0.5) is 5.00 Å². The minimum atomic E-state index is -0.381. The molecule has 2 aromatic heterocycles. The fourth-order valence-corrected chi connectivity index (χ4v) is 4.10. The Morgan fingerprint density at radius 3 is 3.00 bits per heavy atom. The minimum absolute atomic E-state index is 0.165. The number of amides is 1. The second kappa shape index (κ2) is 7.55. The number of carbonyl (C=O) groups is 2. The number of hydrogen-bond acceptors (Lipinski definition) is 6. The van der Waals surface area contributed by atoms with Crippen molar-refractivity contribution < 1.29 is 14.3 Å². The van der Waals surface area contributed by atoms with Crippen molar-refractivity contribution >= 4 is 28.2 Å². The number of thiophene rings is 1. The van der Waals surface area contributed by atoms with Gasteiger partial charge in [0.05, 0.1) is 19.2 Å². The molecule has 0 radical (unpaired) electrons. The fourth-order valence-electron chi connectivity index (χ4n) is 2.80. The number of ether oxygens (including phenoxy) is 1. The quantitative estimate of drug-likeness (QED) is 0.784. The van der Waals surface area contributed by atoms with Crippen LogP contribution in [0.25, 0.3) is 0 Å². The Morgan fingerprint density at radius 2 is 2.25 bits per heavy atom. The van der Waals surface area contributed by atoms with Crippen LogP contribution < -0.4 is 10.6 Å². The lowest BCUT2D eigenvalue weighted by Crippen LogP contribution is -2.28. The molecular weight excluding hydrogens is 326 g/mol. The van der Waals surface area contributed by atoms with E-state index in [-0.39, 0.29) is 18.4 Å². The third kappa shape index (κ3) is 3.63. The number of esters is 1. The van der Waals surface area contributed by atoms with Crippen LogP contribution in [0.15, 0.2) is 24.5 Å². The van der Waals surface area contributed by atoms with Crippen molar-refractivity contribution in [2.24, 2.45) is 0 Å². The minimum Gasteiger partial charge on any atom is -0.465 e. The van der Waals surface area contributed by atoms with E-state index >= 15 is 0 Å². The van der Waals surface area contributed by atoms with Crippen molar-refractivity contribution in [3.05, 3.63) is 46.1 Å². The van der Waals surface area contributed by atoms with Gasteiger partial charge in [-0.05, 0) is 36.5 Å². The van der Waals surface area contributed by atoms with Gasteiger partial charge >= 0.3 is 5.97 Å².